The molecule has 1 fully saturated rings. The van der Waals surface area contributed by atoms with Crippen molar-refractivity contribution in [2.75, 3.05) is 6.54 Å². The SMILES string of the molecule is Cc1cn([C@H]2C[C@H](N=[N+]=[N-])[C@@H](C(O)C(=O)CCCCCCCCCCCN=[N+]=[N-])O2)c(=O)[nH]c1=O. The van der Waals surface area contributed by atoms with Gasteiger partial charge in [0.05, 0.1) is 6.04 Å². The van der Waals surface area contributed by atoms with Gasteiger partial charge in [-0.2, -0.15) is 0 Å². The van der Waals surface area contributed by atoms with Gasteiger partial charge < -0.3 is 9.84 Å². The van der Waals surface area contributed by atoms with Gasteiger partial charge >= 0.3 is 5.69 Å². The molecule has 0 saturated carbocycles. The fourth-order valence-corrected chi connectivity index (χ4v) is 4.21. The van der Waals surface area contributed by atoms with Gasteiger partial charge in [-0.3, -0.25) is 19.1 Å². The Bertz CT molecular complexity index is 1040. The van der Waals surface area contributed by atoms with Crippen molar-refractivity contribution in [3.05, 3.63) is 53.5 Å². The van der Waals surface area contributed by atoms with Crippen LogP contribution in [0.5, 0.6) is 0 Å². The van der Waals surface area contributed by atoms with E-state index in [-0.39, 0.29) is 18.6 Å². The number of H-pyrrole nitrogens is 1. The quantitative estimate of drug-likeness (QED) is 0.153. The lowest BCUT2D eigenvalue weighted by Gasteiger charge is -2.21. The van der Waals surface area contributed by atoms with Crippen LogP contribution in [0.25, 0.3) is 20.9 Å². The number of rotatable bonds is 16. The number of nitrogens with one attached hydrogen (secondary N) is 1. The molecule has 1 aliphatic rings. The summed E-state index contributed by atoms with van der Waals surface area (Å²) in [6.45, 7) is 2.09. The van der Waals surface area contributed by atoms with E-state index >= 15 is 0 Å². The summed E-state index contributed by atoms with van der Waals surface area (Å²) in [5.41, 5.74) is 16.2. The molecule has 0 spiro atoms. The van der Waals surface area contributed by atoms with Crippen LogP contribution in [0.3, 0.4) is 0 Å². The zero-order valence-corrected chi connectivity index (χ0v) is 20.1. The molecule has 4 atom stereocenters. The maximum atomic E-state index is 12.6. The number of aliphatic hydroxyl groups is 1. The van der Waals surface area contributed by atoms with Gasteiger partial charge in [0.1, 0.15) is 18.4 Å². The maximum Gasteiger partial charge on any atom is 0.330 e. The fourth-order valence-electron chi connectivity index (χ4n) is 4.21. The Morgan fingerprint density at radius 2 is 1.77 bits per heavy atom. The molecule has 13 nitrogen and oxygen atoms in total. The van der Waals surface area contributed by atoms with E-state index in [0.29, 0.717) is 18.5 Å². The van der Waals surface area contributed by atoms with Crippen molar-refractivity contribution in [1.29, 1.82) is 0 Å². The third-order valence-corrected chi connectivity index (χ3v) is 6.18. The highest BCUT2D eigenvalue weighted by Gasteiger charge is 2.42. The van der Waals surface area contributed by atoms with E-state index in [9.17, 15) is 19.5 Å². The first kappa shape index (κ1) is 28.1. The number of aromatic nitrogens is 2. The highest BCUT2D eigenvalue weighted by molar-refractivity contribution is 5.83. The highest BCUT2D eigenvalue weighted by Crippen LogP contribution is 2.32. The standard InChI is InChI=1S/C22H34N8O5/c1-15-14-30(22(34)26-21(15)33)18-13-16(27-29-24)20(35-18)19(32)17(31)11-9-7-5-3-2-4-6-8-10-12-25-28-23/h14,16,18-20,32H,2-13H2,1H3,(H,26,33,34)/t16-,18+,19?,20-/m0/s1. The molecule has 2 heterocycles. The Labute approximate surface area is 202 Å². The van der Waals surface area contributed by atoms with E-state index in [1.165, 1.54) is 10.8 Å². The predicted octanol–water partition coefficient (Wildman–Crippen LogP) is 3.95. The molecule has 2 rings (SSSR count). The van der Waals surface area contributed by atoms with Crippen LogP contribution in [0.4, 0.5) is 0 Å². The summed E-state index contributed by atoms with van der Waals surface area (Å²) >= 11 is 0. The van der Waals surface area contributed by atoms with Crippen LogP contribution in [0.1, 0.15) is 82.4 Å². The summed E-state index contributed by atoms with van der Waals surface area (Å²) < 4.78 is 6.94. The first-order chi connectivity index (χ1) is 16.9. The monoisotopic (exact) mass is 490 g/mol. The Morgan fingerprint density at radius 1 is 1.14 bits per heavy atom. The highest BCUT2D eigenvalue weighted by atomic mass is 16.5. The second kappa shape index (κ2) is 15.0. The van der Waals surface area contributed by atoms with Crippen LogP contribution >= 0.6 is 0 Å². The third kappa shape index (κ3) is 8.88. The first-order valence-electron chi connectivity index (χ1n) is 12.1. The van der Waals surface area contributed by atoms with Crippen molar-refractivity contribution >= 4 is 5.78 Å². The Kier molecular flexibility index (Phi) is 12.1. The molecule has 35 heavy (non-hydrogen) atoms. The molecule has 0 aliphatic carbocycles. The lowest BCUT2D eigenvalue weighted by molar-refractivity contribution is -0.137. The lowest BCUT2D eigenvalue weighted by Crippen LogP contribution is -2.39. The normalized spacial score (nSPS) is 20.1. The van der Waals surface area contributed by atoms with E-state index in [1.54, 1.807) is 6.92 Å². The third-order valence-electron chi connectivity index (χ3n) is 6.18. The number of ketones is 1. The van der Waals surface area contributed by atoms with Crippen molar-refractivity contribution in [2.24, 2.45) is 10.2 Å². The summed E-state index contributed by atoms with van der Waals surface area (Å²) in [4.78, 5) is 44.1. The van der Waals surface area contributed by atoms with Gasteiger partial charge in [-0.05, 0) is 30.8 Å². The summed E-state index contributed by atoms with van der Waals surface area (Å²) in [5, 5.41) is 17.8. The molecular formula is C22H34N8O5. The van der Waals surface area contributed by atoms with Crippen LogP contribution in [-0.4, -0.2) is 45.2 Å². The van der Waals surface area contributed by atoms with Gasteiger partial charge in [0, 0.05) is 41.0 Å². The van der Waals surface area contributed by atoms with Gasteiger partial charge in [0.2, 0.25) is 0 Å². The fraction of sp³-hybridized carbons (Fsp3) is 0.773. The molecule has 0 amide bonds. The maximum absolute atomic E-state index is 12.6. The van der Waals surface area contributed by atoms with Gasteiger partial charge in [0.15, 0.2) is 5.78 Å². The number of carbonyl (C=O) groups excluding carboxylic acids is 1. The number of azide groups is 2. The zero-order valence-electron chi connectivity index (χ0n) is 20.1. The molecule has 1 aliphatic heterocycles. The van der Waals surface area contributed by atoms with E-state index in [0.717, 1.165) is 51.4 Å². The molecule has 1 aromatic rings. The molecule has 0 radical (unpaired) electrons. The molecule has 1 unspecified atom stereocenters. The van der Waals surface area contributed by atoms with E-state index in [2.05, 4.69) is 25.0 Å². The van der Waals surface area contributed by atoms with Gasteiger partial charge in [-0.15, -0.1) is 0 Å². The topological polar surface area (TPSA) is 199 Å². The molecule has 192 valence electrons. The van der Waals surface area contributed by atoms with Crippen LogP contribution in [0, 0.1) is 6.92 Å². The van der Waals surface area contributed by atoms with Crippen molar-refractivity contribution in [3.8, 4) is 0 Å². The van der Waals surface area contributed by atoms with Crippen molar-refractivity contribution < 1.29 is 14.6 Å². The van der Waals surface area contributed by atoms with Gasteiger partial charge in [-0.1, -0.05) is 55.2 Å². The van der Waals surface area contributed by atoms with Crippen molar-refractivity contribution in [1.82, 2.24) is 9.55 Å². The summed E-state index contributed by atoms with van der Waals surface area (Å²) in [6.07, 6.45) is 7.14. The molecule has 2 N–H and O–H groups in total. The lowest BCUT2D eigenvalue weighted by atomic mass is 9.98. The average molecular weight is 491 g/mol. The predicted molar refractivity (Wildman–Crippen MR) is 129 cm³/mol. The Morgan fingerprint density at radius 3 is 2.40 bits per heavy atom. The number of ether oxygens (including phenoxy) is 1. The minimum atomic E-state index is -1.47. The number of Topliss-reactive ketones (excluding diaryl/α,β-unsaturated/α-hetero) is 1. The number of unbranched alkanes of at least 4 members (excludes halogenated alkanes) is 8. The molecule has 0 bridgehead atoms. The summed E-state index contributed by atoms with van der Waals surface area (Å²) in [6, 6.07) is -0.824. The van der Waals surface area contributed by atoms with Gasteiger partial charge in [-0.25, -0.2) is 4.79 Å². The first-order valence-corrected chi connectivity index (χ1v) is 12.1. The number of aromatic amines is 1. The second-order valence-electron chi connectivity index (χ2n) is 8.84. The van der Waals surface area contributed by atoms with Crippen LogP contribution in [-0.2, 0) is 9.53 Å². The number of aliphatic hydroxyl groups excluding tert-OH is 1. The largest absolute Gasteiger partial charge is 0.383 e. The average Bonchev–Trinajstić information content (AvgIpc) is 3.25. The van der Waals surface area contributed by atoms with Crippen molar-refractivity contribution in [2.45, 2.75) is 102 Å². The number of aryl methyl sites for hydroxylation is 1. The Balaban J connectivity index is 1.76. The number of nitrogens with zero attached hydrogens (tertiary/aromatic N) is 7. The van der Waals surface area contributed by atoms with Crippen LogP contribution in [0.15, 0.2) is 26.0 Å². The Hall–Kier alpha value is -3.11. The van der Waals surface area contributed by atoms with E-state index < -0.39 is 35.7 Å². The van der Waals surface area contributed by atoms with Crippen LogP contribution < -0.4 is 11.2 Å². The van der Waals surface area contributed by atoms with Crippen LogP contribution in [0.2, 0.25) is 0 Å². The molecule has 0 aromatic carbocycles. The minimum absolute atomic E-state index is 0.0932. The number of hydrogen-bond acceptors (Lipinski definition) is 7. The number of carbonyl (C=O) groups is 1. The molecule has 1 saturated heterocycles. The van der Waals surface area contributed by atoms with E-state index in [1.807, 2.05) is 0 Å². The van der Waals surface area contributed by atoms with E-state index in [4.69, 9.17) is 15.8 Å². The smallest absolute Gasteiger partial charge is 0.330 e. The molecule has 13 heteroatoms. The zero-order chi connectivity index (χ0) is 25.6. The van der Waals surface area contributed by atoms with Gasteiger partial charge in [0.25, 0.3) is 5.56 Å². The molecular weight excluding hydrogens is 456 g/mol. The number of hydrogen-bond donors (Lipinski definition) is 2. The second-order valence-corrected chi connectivity index (χ2v) is 8.84. The summed E-state index contributed by atoms with van der Waals surface area (Å²) in [5.74, 6) is -0.390. The summed E-state index contributed by atoms with van der Waals surface area (Å²) in [7, 11) is 0. The van der Waals surface area contributed by atoms with Crippen molar-refractivity contribution in [3.63, 3.8) is 0 Å². The molecule has 1 aromatic heterocycles. The minimum Gasteiger partial charge on any atom is -0.383 e.